The predicted octanol–water partition coefficient (Wildman–Crippen LogP) is 0.0102. The fraction of sp³-hybridized carbons (Fsp3) is 0.438. The van der Waals surface area contributed by atoms with Gasteiger partial charge in [0.05, 0.1) is 24.3 Å². The summed E-state index contributed by atoms with van der Waals surface area (Å²) in [5.41, 5.74) is 0.559. The van der Waals surface area contributed by atoms with Crippen LogP contribution < -0.4 is 10.2 Å². The number of hydrogen-bond acceptors (Lipinski definition) is 4. The number of amides is 3. The fourth-order valence-corrected chi connectivity index (χ4v) is 3.70. The van der Waals surface area contributed by atoms with E-state index < -0.39 is 34.2 Å². The van der Waals surface area contributed by atoms with Crippen molar-refractivity contribution in [3.05, 3.63) is 35.4 Å². The zero-order chi connectivity index (χ0) is 18.9. The van der Waals surface area contributed by atoms with Crippen molar-refractivity contribution < 1.29 is 24.0 Å². The van der Waals surface area contributed by atoms with Crippen LogP contribution in [0.2, 0.25) is 0 Å². The minimum atomic E-state index is -1.75. The summed E-state index contributed by atoms with van der Waals surface area (Å²) in [5.74, 6) is -1.59. The maximum atomic E-state index is 12.5. The van der Waals surface area contributed by atoms with Crippen molar-refractivity contribution in [3.8, 4) is 0 Å². The molecule has 2 N–H and O–H groups in total. The third-order valence-electron chi connectivity index (χ3n) is 4.36. The molecule has 2 aliphatic rings. The summed E-state index contributed by atoms with van der Waals surface area (Å²) in [5, 5.41) is 2.65. The Labute approximate surface area is 165 Å². The highest BCUT2D eigenvalue weighted by Gasteiger charge is 2.44. The van der Waals surface area contributed by atoms with Gasteiger partial charge in [0, 0.05) is 0 Å². The molecule has 0 spiro atoms. The first-order valence-electron chi connectivity index (χ1n) is 8.02. The molecule has 10 heteroatoms. The summed E-state index contributed by atoms with van der Waals surface area (Å²) < 4.78 is 3.53. The lowest BCUT2D eigenvalue weighted by Gasteiger charge is -2.35. The summed E-state index contributed by atoms with van der Waals surface area (Å²) in [6.45, 7) is 1.66. The van der Waals surface area contributed by atoms with E-state index in [1.165, 1.54) is 0 Å². The molecular weight excluding hydrogens is 405 g/mol. The number of rotatable bonds is 4. The van der Waals surface area contributed by atoms with E-state index in [9.17, 15) is 14.4 Å². The first kappa shape index (κ1) is 19.4. The minimum absolute atomic E-state index is 0.280. The Morgan fingerprint density at radius 1 is 1.15 bits per heavy atom. The highest BCUT2D eigenvalue weighted by molar-refractivity contribution is 6.68. The van der Waals surface area contributed by atoms with E-state index in [2.05, 4.69) is 5.32 Å². The van der Waals surface area contributed by atoms with Gasteiger partial charge in [0.15, 0.2) is 0 Å². The van der Waals surface area contributed by atoms with Gasteiger partial charge in [-0.05, 0) is 12.1 Å². The molecule has 0 radical (unpaired) electrons. The number of ether oxygens (including phenoxy) is 1. The van der Waals surface area contributed by atoms with Crippen LogP contribution in [-0.4, -0.2) is 65.4 Å². The molecule has 0 unspecified atom stereocenters. The quantitative estimate of drug-likeness (QED) is 0.530. The SMILES string of the molecule is O=C(CN1C(=O)c2ccccc2C1=O)N[C@H]([NH+]1CCOCC1)C(Cl)(Cl)Cl. The molecule has 1 atom stereocenters. The first-order chi connectivity index (χ1) is 12.3. The van der Waals surface area contributed by atoms with E-state index in [-0.39, 0.29) is 11.1 Å². The molecule has 1 fully saturated rings. The Morgan fingerprint density at radius 2 is 1.69 bits per heavy atom. The first-order valence-corrected chi connectivity index (χ1v) is 9.16. The average molecular weight is 422 g/mol. The molecule has 1 aromatic rings. The van der Waals surface area contributed by atoms with Gasteiger partial charge in [-0.15, -0.1) is 0 Å². The number of carbonyl (C=O) groups excluding carboxylic acids is 3. The van der Waals surface area contributed by atoms with Crippen LogP contribution in [0.3, 0.4) is 0 Å². The van der Waals surface area contributed by atoms with Crippen molar-refractivity contribution in [2.75, 3.05) is 32.8 Å². The molecule has 2 heterocycles. The van der Waals surface area contributed by atoms with Crippen LogP contribution in [-0.2, 0) is 9.53 Å². The molecular formula is C16H17Cl3N3O4+. The maximum Gasteiger partial charge on any atom is 0.262 e. The molecule has 0 aromatic heterocycles. The lowest BCUT2D eigenvalue weighted by molar-refractivity contribution is -0.934. The lowest BCUT2D eigenvalue weighted by Crippen LogP contribution is -3.21. The highest BCUT2D eigenvalue weighted by Crippen LogP contribution is 2.28. The molecule has 1 aromatic carbocycles. The van der Waals surface area contributed by atoms with E-state index in [1.807, 2.05) is 0 Å². The van der Waals surface area contributed by atoms with Crippen LogP contribution in [0.4, 0.5) is 0 Å². The van der Waals surface area contributed by atoms with Crippen LogP contribution in [0.25, 0.3) is 0 Å². The fourth-order valence-electron chi connectivity index (χ4n) is 3.07. The number of benzene rings is 1. The van der Waals surface area contributed by atoms with Gasteiger partial charge in [-0.25, -0.2) is 0 Å². The third kappa shape index (κ3) is 3.97. The summed E-state index contributed by atoms with van der Waals surface area (Å²) in [4.78, 5) is 38.9. The summed E-state index contributed by atoms with van der Waals surface area (Å²) in [7, 11) is 0. The van der Waals surface area contributed by atoms with Gasteiger partial charge in [0.2, 0.25) is 12.1 Å². The predicted molar refractivity (Wildman–Crippen MR) is 95.5 cm³/mol. The van der Waals surface area contributed by atoms with Gasteiger partial charge in [0.25, 0.3) is 15.6 Å². The van der Waals surface area contributed by atoms with Crippen molar-refractivity contribution in [2.24, 2.45) is 0 Å². The second-order valence-electron chi connectivity index (χ2n) is 6.05. The Bertz CT molecular complexity index is 697. The van der Waals surface area contributed by atoms with E-state index in [1.54, 1.807) is 24.3 Å². The van der Waals surface area contributed by atoms with Crippen LogP contribution in [0.15, 0.2) is 24.3 Å². The molecule has 26 heavy (non-hydrogen) atoms. The number of nitrogens with one attached hydrogen (secondary N) is 2. The number of fused-ring (bicyclic) bond motifs is 1. The Morgan fingerprint density at radius 3 is 2.19 bits per heavy atom. The second kappa shape index (κ2) is 7.70. The van der Waals surface area contributed by atoms with Gasteiger partial charge in [-0.1, -0.05) is 46.9 Å². The summed E-state index contributed by atoms with van der Waals surface area (Å²) >= 11 is 18.1. The van der Waals surface area contributed by atoms with Crippen molar-refractivity contribution in [1.29, 1.82) is 0 Å². The van der Waals surface area contributed by atoms with Crippen molar-refractivity contribution in [2.45, 2.75) is 9.96 Å². The standard InChI is InChI=1S/C16H16Cl3N3O4/c17-16(18,19)15(21-5-7-26-8-6-21)20-12(23)9-22-13(24)10-3-1-2-4-11(10)14(22)25/h1-4,15H,5-9H2,(H,20,23)/p+1/t15-/m1/s1. The number of morpholine rings is 1. The molecule has 3 rings (SSSR count). The molecule has 1 saturated heterocycles. The largest absolute Gasteiger partial charge is 0.370 e. The van der Waals surface area contributed by atoms with Gasteiger partial charge >= 0.3 is 0 Å². The van der Waals surface area contributed by atoms with E-state index >= 15 is 0 Å². The Hall–Kier alpha value is -1.38. The molecule has 140 valence electrons. The van der Waals surface area contributed by atoms with Crippen molar-refractivity contribution in [3.63, 3.8) is 0 Å². The molecule has 0 aliphatic carbocycles. The molecule has 0 bridgehead atoms. The van der Waals surface area contributed by atoms with E-state index in [0.29, 0.717) is 26.3 Å². The van der Waals surface area contributed by atoms with Crippen LogP contribution in [0.1, 0.15) is 20.7 Å². The summed E-state index contributed by atoms with van der Waals surface area (Å²) in [6.07, 6.45) is -0.820. The van der Waals surface area contributed by atoms with Crippen LogP contribution in [0, 0.1) is 0 Å². The monoisotopic (exact) mass is 420 g/mol. The van der Waals surface area contributed by atoms with Crippen molar-refractivity contribution >= 4 is 52.5 Å². The highest BCUT2D eigenvalue weighted by atomic mass is 35.6. The maximum absolute atomic E-state index is 12.5. The van der Waals surface area contributed by atoms with E-state index in [4.69, 9.17) is 39.5 Å². The number of alkyl halides is 3. The number of quaternary nitrogens is 1. The molecule has 2 aliphatic heterocycles. The van der Waals surface area contributed by atoms with E-state index in [0.717, 1.165) is 9.80 Å². The normalized spacial score (nSPS) is 19.4. The number of imide groups is 1. The Balaban J connectivity index is 1.69. The topological polar surface area (TPSA) is 80.2 Å². The Kier molecular flexibility index (Phi) is 5.74. The van der Waals surface area contributed by atoms with Gasteiger partial charge in [-0.2, -0.15) is 0 Å². The lowest BCUT2D eigenvalue weighted by atomic mass is 10.1. The molecule has 3 amide bonds. The number of hydrogen-bond donors (Lipinski definition) is 2. The number of nitrogens with zero attached hydrogens (tertiary/aromatic N) is 1. The third-order valence-corrected chi connectivity index (χ3v) is 5.01. The number of halogens is 3. The van der Waals surface area contributed by atoms with Crippen LogP contribution in [0.5, 0.6) is 0 Å². The van der Waals surface area contributed by atoms with Gasteiger partial charge in [-0.3, -0.25) is 19.3 Å². The second-order valence-corrected chi connectivity index (χ2v) is 8.42. The van der Waals surface area contributed by atoms with Gasteiger partial charge < -0.3 is 15.0 Å². The minimum Gasteiger partial charge on any atom is -0.370 e. The zero-order valence-electron chi connectivity index (χ0n) is 13.6. The molecule has 7 nitrogen and oxygen atoms in total. The van der Waals surface area contributed by atoms with Gasteiger partial charge in [0.1, 0.15) is 19.6 Å². The smallest absolute Gasteiger partial charge is 0.262 e. The average Bonchev–Trinajstić information content (AvgIpc) is 2.85. The number of carbonyl (C=O) groups is 3. The van der Waals surface area contributed by atoms with Crippen molar-refractivity contribution in [1.82, 2.24) is 10.2 Å². The zero-order valence-corrected chi connectivity index (χ0v) is 15.9. The van der Waals surface area contributed by atoms with Crippen LogP contribution >= 0.6 is 34.8 Å². The summed E-state index contributed by atoms with van der Waals surface area (Å²) in [6, 6.07) is 6.42. The molecule has 0 saturated carbocycles.